The molecule has 2 N–H and O–H groups in total. The number of nitrogens with two attached hydrogens (primary N) is 1. The van der Waals surface area contributed by atoms with E-state index in [1.54, 1.807) is 28.4 Å². The molecule has 32 heavy (non-hydrogen) atoms. The van der Waals surface area contributed by atoms with Gasteiger partial charge in [-0.05, 0) is 81.0 Å². The standard InChI is InChI=1S/C25H29FN4OS/c1-14-28-22(18-8-11-32-23(18)29-14)20-13-19(20)17-5-4-15(12-21(17)26)24(31)30(3)16-6-9-25(2,27)10-7-16/h4-5,8,11-12,16,19-20H,6-7,9-10,13,27H2,1-3H3/t16?,19-,20+,25?/m1/s1. The van der Waals surface area contributed by atoms with E-state index in [-0.39, 0.29) is 35.1 Å². The molecule has 2 fully saturated rings. The zero-order chi connectivity index (χ0) is 22.6. The van der Waals surface area contributed by atoms with E-state index < -0.39 is 0 Å². The van der Waals surface area contributed by atoms with Crippen molar-refractivity contribution in [3.05, 3.63) is 58.1 Å². The molecular weight excluding hydrogens is 423 g/mol. The molecule has 2 aliphatic carbocycles. The van der Waals surface area contributed by atoms with Crippen LogP contribution in [0.15, 0.2) is 29.6 Å². The molecule has 0 spiro atoms. The summed E-state index contributed by atoms with van der Waals surface area (Å²) in [6.07, 6.45) is 4.42. The summed E-state index contributed by atoms with van der Waals surface area (Å²) in [4.78, 5) is 24.9. The van der Waals surface area contributed by atoms with Gasteiger partial charge in [-0.25, -0.2) is 14.4 Å². The van der Waals surface area contributed by atoms with Gasteiger partial charge in [0.15, 0.2) is 0 Å². The summed E-state index contributed by atoms with van der Waals surface area (Å²) in [5.41, 5.74) is 8.17. The number of aryl methyl sites for hydroxylation is 1. The molecule has 3 aromatic rings. The smallest absolute Gasteiger partial charge is 0.253 e. The second kappa shape index (κ2) is 7.89. The molecule has 1 amide bonds. The van der Waals surface area contributed by atoms with Crippen molar-refractivity contribution in [3.8, 4) is 0 Å². The van der Waals surface area contributed by atoms with Gasteiger partial charge in [0, 0.05) is 35.5 Å². The first-order valence-corrected chi connectivity index (χ1v) is 12.2. The number of benzene rings is 1. The minimum absolute atomic E-state index is 0.0925. The van der Waals surface area contributed by atoms with Crippen LogP contribution in [0.2, 0.25) is 0 Å². The van der Waals surface area contributed by atoms with Crippen molar-refractivity contribution in [2.24, 2.45) is 5.73 Å². The zero-order valence-electron chi connectivity index (χ0n) is 18.8. The number of hydrogen-bond donors (Lipinski definition) is 1. The Hall–Kier alpha value is -2.38. The number of thiophene rings is 1. The van der Waals surface area contributed by atoms with E-state index in [1.165, 1.54) is 6.07 Å². The number of carbonyl (C=O) groups is 1. The summed E-state index contributed by atoms with van der Waals surface area (Å²) in [6, 6.07) is 7.18. The van der Waals surface area contributed by atoms with Gasteiger partial charge < -0.3 is 10.6 Å². The molecule has 7 heteroatoms. The van der Waals surface area contributed by atoms with Crippen molar-refractivity contribution >= 4 is 27.5 Å². The number of rotatable bonds is 4. The molecule has 0 radical (unpaired) electrons. The Balaban J connectivity index is 1.32. The van der Waals surface area contributed by atoms with E-state index in [4.69, 9.17) is 5.73 Å². The molecule has 0 unspecified atom stereocenters. The molecule has 5 nitrogen and oxygen atoms in total. The van der Waals surface area contributed by atoms with Crippen LogP contribution >= 0.6 is 11.3 Å². The quantitative estimate of drug-likeness (QED) is 0.595. The van der Waals surface area contributed by atoms with E-state index in [0.717, 1.165) is 53.8 Å². The molecule has 2 saturated carbocycles. The normalized spacial score (nSPS) is 27.5. The Labute approximate surface area is 191 Å². The monoisotopic (exact) mass is 452 g/mol. The lowest BCUT2D eigenvalue weighted by atomic mass is 9.81. The number of nitrogens with zero attached hydrogens (tertiary/aromatic N) is 3. The Morgan fingerprint density at radius 2 is 1.97 bits per heavy atom. The van der Waals surface area contributed by atoms with Crippen LogP contribution in [0, 0.1) is 12.7 Å². The van der Waals surface area contributed by atoms with E-state index in [0.29, 0.717) is 11.1 Å². The maximum atomic E-state index is 15.1. The molecule has 0 aliphatic heterocycles. The van der Waals surface area contributed by atoms with E-state index in [1.807, 2.05) is 19.4 Å². The highest BCUT2D eigenvalue weighted by Crippen LogP contribution is 2.56. The molecule has 5 rings (SSSR count). The van der Waals surface area contributed by atoms with E-state index in [2.05, 4.69) is 23.0 Å². The van der Waals surface area contributed by atoms with Crippen molar-refractivity contribution in [1.29, 1.82) is 0 Å². The van der Waals surface area contributed by atoms with Crippen LogP contribution in [0.5, 0.6) is 0 Å². The van der Waals surface area contributed by atoms with Crippen LogP contribution in [-0.4, -0.2) is 39.4 Å². The van der Waals surface area contributed by atoms with Gasteiger partial charge in [-0.2, -0.15) is 0 Å². The lowest BCUT2D eigenvalue weighted by Gasteiger charge is -2.38. The van der Waals surface area contributed by atoms with Gasteiger partial charge in [0.25, 0.3) is 5.91 Å². The first-order chi connectivity index (χ1) is 15.2. The third-order valence-electron chi connectivity index (χ3n) is 7.22. The van der Waals surface area contributed by atoms with Crippen LogP contribution in [0.4, 0.5) is 4.39 Å². The average molecular weight is 453 g/mol. The minimum Gasteiger partial charge on any atom is -0.339 e. The highest BCUT2D eigenvalue weighted by Gasteiger charge is 2.43. The number of aromatic nitrogens is 2. The van der Waals surface area contributed by atoms with Gasteiger partial charge in [0.05, 0.1) is 5.69 Å². The summed E-state index contributed by atoms with van der Waals surface area (Å²) in [7, 11) is 1.82. The third-order valence-corrected chi connectivity index (χ3v) is 8.03. The lowest BCUT2D eigenvalue weighted by molar-refractivity contribution is 0.0668. The second-order valence-corrected chi connectivity index (χ2v) is 10.7. The number of carbonyl (C=O) groups excluding carboxylic acids is 1. The molecular formula is C25H29FN4OS. The molecule has 1 aromatic carbocycles. The molecule has 2 atom stereocenters. The maximum Gasteiger partial charge on any atom is 0.253 e. The fourth-order valence-corrected chi connectivity index (χ4v) is 5.91. The Morgan fingerprint density at radius 3 is 2.69 bits per heavy atom. The SMILES string of the molecule is Cc1nc([C@H]2C[C@@H]2c2ccc(C(=O)N(C)C3CCC(C)(N)CC3)cc2F)c2ccsc2n1. The third kappa shape index (κ3) is 3.92. The summed E-state index contributed by atoms with van der Waals surface area (Å²) in [5.74, 6) is 0.611. The van der Waals surface area contributed by atoms with E-state index in [9.17, 15) is 4.79 Å². The summed E-state index contributed by atoms with van der Waals surface area (Å²) in [6.45, 7) is 3.97. The van der Waals surface area contributed by atoms with Gasteiger partial charge in [0.2, 0.25) is 0 Å². The van der Waals surface area contributed by atoms with Gasteiger partial charge in [-0.15, -0.1) is 11.3 Å². The first kappa shape index (κ1) is 21.5. The van der Waals surface area contributed by atoms with Crippen LogP contribution in [0.3, 0.4) is 0 Å². The van der Waals surface area contributed by atoms with Gasteiger partial charge >= 0.3 is 0 Å². The van der Waals surface area contributed by atoms with Crippen molar-refractivity contribution in [2.75, 3.05) is 7.05 Å². The van der Waals surface area contributed by atoms with Crippen molar-refractivity contribution in [1.82, 2.24) is 14.9 Å². The van der Waals surface area contributed by atoms with Gasteiger partial charge in [-0.3, -0.25) is 4.79 Å². The van der Waals surface area contributed by atoms with Gasteiger partial charge in [0.1, 0.15) is 16.5 Å². The van der Waals surface area contributed by atoms with Crippen LogP contribution in [0.1, 0.15) is 78.3 Å². The first-order valence-electron chi connectivity index (χ1n) is 11.3. The van der Waals surface area contributed by atoms with Crippen LogP contribution < -0.4 is 5.73 Å². The Morgan fingerprint density at radius 1 is 1.22 bits per heavy atom. The highest BCUT2D eigenvalue weighted by molar-refractivity contribution is 7.16. The Kier molecular flexibility index (Phi) is 5.29. The molecule has 168 valence electrons. The molecule has 2 aromatic heterocycles. The summed E-state index contributed by atoms with van der Waals surface area (Å²) < 4.78 is 15.1. The largest absolute Gasteiger partial charge is 0.339 e. The predicted molar refractivity (Wildman–Crippen MR) is 126 cm³/mol. The van der Waals surface area contributed by atoms with E-state index >= 15 is 4.39 Å². The number of halogens is 1. The number of fused-ring (bicyclic) bond motifs is 1. The zero-order valence-corrected chi connectivity index (χ0v) is 19.6. The predicted octanol–water partition coefficient (Wildman–Crippen LogP) is 5.14. The lowest BCUT2D eigenvalue weighted by Crippen LogP contribution is -2.47. The number of hydrogen-bond acceptors (Lipinski definition) is 5. The van der Waals surface area contributed by atoms with Crippen LogP contribution in [-0.2, 0) is 0 Å². The summed E-state index contributed by atoms with van der Waals surface area (Å²) in [5, 5.41) is 3.10. The van der Waals surface area contributed by atoms with Crippen molar-refractivity contribution in [2.45, 2.75) is 69.4 Å². The van der Waals surface area contributed by atoms with Crippen molar-refractivity contribution in [3.63, 3.8) is 0 Å². The fourth-order valence-electron chi connectivity index (χ4n) is 5.09. The Bertz CT molecular complexity index is 1180. The fraction of sp³-hybridized carbons (Fsp3) is 0.480. The second-order valence-electron chi connectivity index (χ2n) is 9.78. The maximum absolute atomic E-state index is 15.1. The topological polar surface area (TPSA) is 72.1 Å². The molecule has 0 bridgehead atoms. The number of amides is 1. The molecule has 2 heterocycles. The van der Waals surface area contributed by atoms with Gasteiger partial charge in [-0.1, -0.05) is 6.07 Å². The van der Waals surface area contributed by atoms with Crippen LogP contribution in [0.25, 0.3) is 10.2 Å². The minimum atomic E-state index is -0.303. The summed E-state index contributed by atoms with van der Waals surface area (Å²) >= 11 is 1.61. The average Bonchev–Trinajstić information content (AvgIpc) is 3.40. The van der Waals surface area contributed by atoms with Crippen molar-refractivity contribution < 1.29 is 9.18 Å². The molecule has 2 aliphatic rings. The molecule has 0 saturated heterocycles. The highest BCUT2D eigenvalue weighted by atomic mass is 32.1.